The van der Waals surface area contributed by atoms with E-state index in [9.17, 15) is 14.4 Å². The number of nitrogen functional groups attached to an aromatic ring is 1. The third-order valence-electron chi connectivity index (χ3n) is 3.02. The van der Waals surface area contributed by atoms with Crippen molar-refractivity contribution in [3.63, 3.8) is 0 Å². The molecule has 0 spiro atoms. The van der Waals surface area contributed by atoms with Gasteiger partial charge in [0.2, 0.25) is 11.8 Å². The molecule has 0 radical (unpaired) electrons. The molecule has 2 rings (SSSR count). The number of carbonyl (C=O) groups is 3. The Morgan fingerprint density at radius 3 is 2.74 bits per heavy atom. The van der Waals surface area contributed by atoms with Gasteiger partial charge in [-0.25, -0.2) is 4.79 Å². The fourth-order valence-corrected chi connectivity index (χ4v) is 1.95. The van der Waals surface area contributed by atoms with Crippen LogP contribution in [0, 0.1) is 0 Å². The van der Waals surface area contributed by atoms with Crippen LogP contribution in [0.25, 0.3) is 0 Å². The van der Waals surface area contributed by atoms with E-state index < -0.39 is 23.8 Å². The van der Waals surface area contributed by atoms with E-state index in [2.05, 4.69) is 5.32 Å². The van der Waals surface area contributed by atoms with Gasteiger partial charge in [0.15, 0.2) is 0 Å². The first kappa shape index (κ1) is 12.9. The first-order chi connectivity index (χ1) is 8.90. The smallest absolute Gasteiger partial charge is 0.337 e. The van der Waals surface area contributed by atoms with Crippen molar-refractivity contribution in [1.29, 1.82) is 0 Å². The Labute approximate surface area is 109 Å². The second-order valence-corrected chi connectivity index (χ2v) is 4.29. The first-order valence-electron chi connectivity index (χ1n) is 5.63. The normalized spacial score (nSPS) is 19.2. The third-order valence-corrected chi connectivity index (χ3v) is 3.02. The summed E-state index contributed by atoms with van der Waals surface area (Å²) in [7, 11) is 0. The van der Waals surface area contributed by atoms with Crippen molar-refractivity contribution in [1.82, 2.24) is 5.32 Å². The van der Waals surface area contributed by atoms with E-state index in [0.29, 0.717) is 5.69 Å². The number of benzene rings is 1. The maximum Gasteiger partial charge on any atom is 0.337 e. The topological polar surface area (TPSA) is 113 Å². The molecular formula is C12H13N3O4. The minimum Gasteiger partial charge on any atom is -0.478 e. The number of nitrogens with zero attached hydrogens (tertiary/aromatic N) is 1. The van der Waals surface area contributed by atoms with Crippen molar-refractivity contribution in [3.8, 4) is 0 Å². The number of hydrogen-bond donors (Lipinski definition) is 3. The molecule has 1 aliphatic rings. The lowest BCUT2D eigenvalue weighted by Crippen LogP contribution is -2.57. The minimum atomic E-state index is -1.12. The van der Waals surface area contributed by atoms with Gasteiger partial charge in [-0.2, -0.15) is 0 Å². The van der Waals surface area contributed by atoms with E-state index in [1.807, 2.05) is 0 Å². The summed E-state index contributed by atoms with van der Waals surface area (Å²) < 4.78 is 0. The number of carboxylic acids is 1. The zero-order chi connectivity index (χ0) is 14.2. The maximum absolute atomic E-state index is 11.5. The van der Waals surface area contributed by atoms with Gasteiger partial charge in [-0.15, -0.1) is 0 Å². The van der Waals surface area contributed by atoms with E-state index >= 15 is 0 Å². The van der Waals surface area contributed by atoms with Crippen LogP contribution >= 0.6 is 0 Å². The lowest BCUT2D eigenvalue weighted by Gasteiger charge is -2.33. The van der Waals surface area contributed by atoms with Crippen LogP contribution in [-0.2, 0) is 9.59 Å². The third kappa shape index (κ3) is 2.35. The summed E-state index contributed by atoms with van der Waals surface area (Å²) in [4.78, 5) is 35.4. The Balaban J connectivity index is 2.36. The highest BCUT2D eigenvalue weighted by atomic mass is 16.4. The summed E-state index contributed by atoms with van der Waals surface area (Å²) in [5.41, 5.74) is 6.27. The fraction of sp³-hybridized carbons (Fsp3) is 0.250. The first-order valence-corrected chi connectivity index (χ1v) is 5.63. The summed E-state index contributed by atoms with van der Waals surface area (Å²) in [5, 5.41) is 11.1. The molecule has 1 unspecified atom stereocenters. The van der Waals surface area contributed by atoms with Gasteiger partial charge >= 0.3 is 5.97 Å². The van der Waals surface area contributed by atoms with Crippen LogP contribution in [0.3, 0.4) is 0 Å². The Bertz CT molecular complexity index is 570. The van der Waals surface area contributed by atoms with Crippen LogP contribution in [0.4, 0.5) is 11.4 Å². The number of aromatic carboxylic acids is 1. The number of piperazine rings is 1. The number of rotatable bonds is 2. The molecule has 0 aliphatic carbocycles. The molecule has 4 N–H and O–H groups in total. The monoisotopic (exact) mass is 263 g/mol. The van der Waals surface area contributed by atoms with Crippen LogP contribution in [0.5, 0.6) is 0 Å². The van der Waals surface area contributed by atoms with Crippen molar-refractivity contribution >= 4 is 29.2 Å². The molecule has 2 amide bonds. The van der Waals surface area contributed by atoms with E-state index in [1.165, 1.54) is 18.2 Å². The summed E-state index contributed by atoms with van der Waals surface area (Å²) >= 11 is 0. The van der Waals surface area contributed by atoms with Crippen LogP contribution in [0.15, 0.2) is 18.2 Å². The minimum absolute atomic E-state index is 0.0100. The molecule has 0 aromatic heterocycles. The molecule has 7 heteroatoms. The Morgan fingerprint density at radius 1 is 1.47 bits per heavy atom. The predicted molar refractivity (Wildman–Crippen MR) is 67.8 cm³/mol. The van der Waals surface area contributed by atoms with E-state index in [4.69, 9.17) is 10.8 Å². The van der Waals surface area contributed by atoms with Crippen molar-refractivity contribution in [2.24, 2.45) is 0 Å². The van der Waals surface area contributed by atoms with Gasteiger partial charge < -0.3 is 15.7 Å². The van der Waals surface area contributed by atoms with E-state index in [1.54, 1.807) is 11.8 Å². The molecule has 7 nitrogen and oxygen atoms in total. The number of nitrogens with two attached hydrogens (primary N) is 1. The van der Waals surface area contributed by atoms with Gasteiger partial charge in [-0.1, -0.05) is 0 Å². The summed E-state index contributed by atoms with van der Waals surface area (Å²) in [6, 6.07) is 3.82. The molecule has 19 heavy (non-hydrogen) atoms. The predicted octanol–water partition coefficient (Wildman–Crippen LogP) is -0.182. The van der Waals surface area contributed by atoms with Crippen molar-refractivity contribution in [3.05, 3.63) is 23.8 Å². The quantitative estimate of drug-likeness (QED) is 0.504. The van der Waals surface area contributed by atoms with Gasteiger partial charge in [0, 0.05) is 11.4 Å². The van der Waals surface area contributed by atoms with Gasteiger partial charge in [0.25, 0.3) is 0 Å². The average molecular weight is 263 g/mol. The molecule has 1 atom stereocenters. The van der Waals surface area contributed by atoms with Crippen LogP contribution in [0.1, 0.15) is 17.3 Å². The zero-order valence-electron chi connectivity index (χ0n) is 10.2. The Morgan fingerprint density at radius 2 is 2.16 bits per heavy atom. The molecule has 0 bridgehead atoms. The number of imide groups is 1. The van der Waals surface area contributed by atoms with Crippen molar-refractivity contribution < 1.29 is 19.5 Å². The largest absolute Gasteiger partial charge is 0.478 e. The highest BCUT2D eigenvalue weighted by molar-refractivity contribution is 6.04. The van der Waals surface area contributed by atoms with Crippen molar-refractivity contribution in [2.75, 3.05) is 17.2 Å². The lowest BCUT2D eigenvalue weighted by atomic mass is 10.1. The highest BCUT2D eigenvalue weighted by Crippen LogP contribution is 2.24. The molecule has 1 heterocycles. The van der Waals surface area contributed by atoms with Crippen LogP contribution in [0.2, 0.25) is 0 Å². The van der Waals surface area contributed by atoms with Gasteiger partial charge in [-0.3, -0.25) is 14.9 Å². The standard InChI is InChI=1S/C12H13N3O4/c1-6-11(17)14-10(16)5-15(6)7-2-3-8(12(18)19)9(13)4-7/h2-4,6H,5,13H2,1H3,(H,18,19)(H,14,16,17). The zero-order valence-corrected chi connectivity index (χ0v) is 10.2. The van der Waals surface area contributed by atoms with E-state index in [0.717, 1.165) is 0 Å². The number of anilines is 2. The highest BCUT2D eigenvalue weighted by Gasteiger charge is 2.30. The van der Waals surface area contributed by atoms with Gasteiger partial charge in [0.05, 0.1) is 12.1 Å². The van der Waals surface area contributed by atoms with E-state index in [-0.39, 0.29) is 17.8 Å². The van der Waals surface area contributed by atoms with Crippen LogP contribution in [-0.4, -0.2) is 35.5 Å². The number of amides is 2. The summed E-state index contributed by atoms with van der Waals surface area (Å²) in [6.45, 7) is 1.68. The van der Waals surface area contributed by atoms with Gasteiger partial charge in [-0.05, 0) is 25.1 Å². The molecule has 1 saturated heterocycles. The SMILES string of the molecule is CC1C(=O)NC(=O)CN1c1ccc(C(=O)O)c(N)c1. The molecule has 100 valence electrons. The second-order valence-electron chi connectivity index (χ2n) is 4.29. The lowest BCUT2D eigenvalue weighted by molar-refractivity contribution is -0.132. The Hall–Kier alpha value is -2.57. The summed E-state index contributed by atoms with van der Waals surface area (Å²) in [5.74, 6) is -1.91. The number of carboxylic acid groups (broad SMARTS) is 1. The fourth-order valence-electron chi connectivity index (χ4n) is 1.95. The molecular weight excluding hydrogens is 250 g/mol. The molecule has 1 aromatic carbocycles. The summed E-state index contributed by atoms with van der Waals surface area (Å²) in [6.07, 6.45) is 0. The maximum atomic E-state index is 11.5. The molecule has 1 aromatic rings. The Kier molecular flexibility index (Phi) is 3.12. The number of hydrogen-bond acceptors (Lipinski definition) is 5. The average Bonchev–Trinajstić information content (AvgIpc) is 2.33. The van der Waals surface area contributed by atoms with Crippen LogP contribution < -0.4 is 16.0 Å². The molecule has 0 saturated carbocycles. The molecule has 1 fully saturated rings. The number of nitrogens with one attached hydrogen (secondary N) is 1. The van der Waals surface area contributed by atoms with Crippen molar-refractivity contribution in [2.45, 2.75) is 13.0 Å². The molecule has 1 aliphatic heterocycles. The van der Waals surface area contributed by atoms with Gasteiger partial charge in [0.1, 0.15) is 6.04 Å². The number of carbonyl (C=O) groups excluding carboxylic acids is 2. The second kappa shape index (κ2) is 4.60.